The summed E-state index contributed by atoms with van der Waals surface area (Å²) in [4.78, 5) is 19.4. The number of nitrogens with one attached hydrogen (secondary N) is 1. The lowest BCUT2D eigenvalue weighted by atomic mass is 9.98. The average molecular weight is 575 g/mol. The van der Waals surface area contributed by atoms with Gasteiger partial charge in [-0.3, -0.25) is 10.1 Å². The molecule has 202 valence electrons. The van der Waals surface area contributed by atoms with Gasteiger partial charge in [0.1, 0.15) is 12.3 Å². The van der Waals surface area contributed by atoms with Gasteiger partial charge >= 0.3 is 0 Å². The van der Waals surface area contributed by atoms with Crippen LogP contribution in [0, 0.1) is 5.92 Å². The van der Waals surface area contributed by atoms with Gasteiger partial charge in [0.25, 0.3) is 15.9 Å². The summed E-state index contributed by atoms with van der Waals surface area (Å²) in [5.74, 6) is -1.19. The minimum atomic E-state index is -3.77. The minimum Gasteiger partial charge on any atom is -0.304 e. The van der Waals surface area contributed by atoms with Gasteiger partial charge in [-0.05, 0) is 43.5 Å². The van der Waals surface area contributed by atoms with Gasteiger partial charge in [-0.1, -0.05) is 29.5 Å². The summed E-state index contributed by atoms with van der Waals surface area (Å²) in [7, 11) is -5.32. The third-order valence-corrected chi connectivity index (χ3v) is 10.8. The van der Waals surface area contributed by atoms with Gasteiger partial charge in [0.2, 0.25) is 0 Å². The van der Waals surface area contributed by atoms with Crippen LogP contribution in [-0.4, -0.2) is 88.8 Å². The number of benzene rings is 1. The Labute approximate surface area is 219 Å². The van der Waals surface area contributed by atoms with Crippen LogP contribution < -0.4 is 5.32 Å². The minimum absolute atomic E-state index is 0.00766. The summed E-state index contributed by atoms with van der Waals surface area (Å²) in [5, 5.41) is 2.64. The number of rotatable bonds is 7. The zero-order valence-electron chi connectivity index (χ0n) is 20.3. The molecule has 1 saturated carbocycles. The number of hydrogen-bond acceptors (Lipinski definition) is 8. The van der Waals surface area contributed by atoms with Crippen molar-refractivity contribution in [2.24, 2.45) is 5.92 Å². The lowest BCUT2D eigenvalue weighted by Gasteiger charge is -2.30. The second-order valence-electron chi connectivity index (χ2n) is 9.29. The molecule has 14 heteroatoms. The number of likely N-dealkylation sites (N-methyl/N-ethyl adjacent to an activating group) is 1. The average Bonchev–Trinajstić information content (AvgIpc) is 3.43. The third kappa shape index (κ3) is 6.42. The number of thiazole rings is 1. The Morgan fingerprint density at radius 1 is 1.05 bits per heavy atom. The van der Waals surface area contributed by atoms with Crippen LogP contribution in [0.1, 0.15) is 18.4 Å². The number of alkyl halides is 2. The van der Waals surface area contributed by atoms with Crippen molar-refractivity contribution in [2.45, 2.75) is 34.3 Å². The number of sulfonamides is 1. The van der Waals surface area contributed by atoms with Crippen molar-refractivity contribution in [2.75, 3.05) is 44.8 Å². The first-order valence-corrected chi connectivity index (χ1v) is 15.8. The van der Waals surface area contributed by atoms with Crippen LogP contribution in [0.15, 0.2) is 45.6 Å². The number of aromatic nitrogens is 1. The summed E-state index contributed by atoms with van der Waals surface area (Å²) in [6.45, 7) is 1.91. The molecule has 3 atom stereocenters. The molecule has 2 heterocycles. The molecule has 0 unspecified atom stereocenters. The second-order valence-corrected chi connectivity index (χ2v) is 14.5. The molecule has 37 heavy (non-hydrogen) atoms. The highest BCUT2D eigenvalue weighted by atomic mass is 32.2. The molecule has 1 aliphatic carbocycles. The summed E-state index contributed by atoms with van der Waals surface area (Å²) < 4.78 is 78.6. The summed E-state index contributed by atoms with van der Waals surface area (Å²) in [5.41, 5.74) is 0.439. The highest BCUT2D eigenvalue weighted by molar-refractivity contribution is 7.91. The molecular weight excluding hydrogens is 546 g/mol. The first kappa shape index (κ1) is 27.8. The van der Waals surface area contributed by atoms with Crippen molar-refractivity contribution < 1.29 is 30.4 Å². The number of carbonyl (C=O) groups excluding carboxylic acids is 1. The molecule has 0 radical (unpaired) electrons. The first-order chi connectivity index (χ1) is 17.3. The molecule has 2 aromatic rings. The number of hydrogen-bond donors (Lipinski definition) is 1. The Balaban J connectivity index is 1.58. The highest BCUT2D eigenvalue weighted by Crippen LogP contribution is 2.34. The fourth-order valence-electron chi connectivity index (χ4n) is 4.28. The number of carbonyl (C=O) groups is 1. The fraction of sp³-hybridized carbons (Fsp3) is 0.478. The van der Waals surface area contributed by atoms with Crippen molar-refractivity contribution in [1.82, 2.24) is 14.2 Å². The van der Waals surface area contributed by atoms with Crippen LogP contribution in [0.3, 0.4) is 0 Å². The predicted octanol–water partition coefficient (Wildman–Crippen LogP) is 2.59. The highest BCUT2D eigenvalue weighted by Gasteiger charge is 2.34. The molecule has 1 N–H and O–H groups in total. The Bertz CT molecular complexity index is 1380. The maximum atomic E-state index is 13.8. The van der Waals surface area contributed by atoms with E-state index in [9.17, 15) is 30.4 Å². The van der Waals surface area contributed by atoms with Gasteiger partial charge in [0.15, 0.2) is 19.2 Å². The van der Waals surface area contributed by atoms with Crippen molar-refractivity contribution in [3.63, 3.8) is 0 Å². The van der Waals surface area contributed by atoms with Gasteiger partial charge in [0, 0.05) is 38.0 Å². The number of halogens is 2. The van der Waals surface area contributed by atoms with E-state index in [1.807, 2.05) is 11.9 Å². The largest absolute Gasteiger partial charge is 0.304 e. The predicted molar refractivity (Wildman–Crippen MR) is 137 cm³/mol. The lowest BCUT2D eigenvalue weighted by molar-refractivity contribution is -0.111. The van der Waals surface area contributed by atoms with Crippen molar-refractivity contribution in [3.8, 4) is 0 Å². The van der Waals surface area contributed by atoms with E-state index < -0.39 is 44.0 Å². The lowest BCUT2D eigenvalue weighted by Crippen LogP contribution is -2.46. The van der Waals surface area contributed by atoms with Gasteiger partial charge in [-0.15, -0.1) is 0 Å². The normalized spacial score (nSPS) is 24.3. The Morgan fingerprint density at radius 2 is 1.65 bits per heavy atom. The van der Waals surface area contributed by atoms with E-state index in [4.69, 9.17) is 0 Å². The molecule has 0 bridgehead atoms. The molecule has 1 amide bonds. The molecule has 2 fully saturated rings. The molecule has 0 spiro atoms. The van der Waals surface area contributed by atoms with Crippen LogP contribution >= 0.6 is 11.3 Å². The fourth-order valence-corrected chi connectivity index (χ4v) is 7.52. The van der Waals surface area contributed by atoms with E-state index in [-0.39, 0.29) is 32.7 Å². The van der Waals surface area contributed by atoms with E-state index in [1.54, 1.807) is 0 Å². The number of nitrogens with zero attached hydrogens (tertiary/aromatic N) is 3. The van der Waals surface area contributed by atoms with Crippen LogP contribution in [0.2, 0.25) is 0 Å². The maximum Gasteiger partial charge on any atom is 0.257 e. The number of allylic oxidation sites excluding steroid dienone is 1. The maximum absolute atomic E-state index is 13.8. The van der Waals surface area contributed by atoms with Crippen LogP contribution in [0.4, 0.5) is 13.9 Å². The second kappa shape index (κ2) is 10.8. The van der Waals surface area contributed by atoms with Crippen molar-refractivity contribution >= 4 is 47.8 Å². The van der Waals surface area contributed by atoms with Crippen molar-refractivity contribution in [1.29, 1.82) is 0 Å². The van der Waals surface area contributed by atoms with E-state index in [0.717, 1.165) is 17.6 Å². The molecule has 1 saturated heterocycles. The Hall–Kier alpha value is -2.26. The molecule has 9 nitrogen and oxygen atoms in total. The van der Waals surface area contributed by atoms with Crippen LogP contribution in [-0.2, 0) is 24.7 Å². The zero-order chi connectivity index (χ0) is 27.0. The van der Waals surface area contributed by atoms with E-state index >= 15 is 0 Å². The SMILES string of the molecule is CN1CCN(S(=O)(=O)c2cnc(NC(=O)/C(=C/[C@H]3C[C@@H](F)[C@@H](F)C3)c3ccc(S(C)(=O)=O)cc3)s2)CC1. The Kier molecular flexibility index (Phi) is 8.14. The number of amides is 1. The van der Waals surface area contributed by atoms with Crippen molar-refractivity contribution in [3.05, 3.63) is 42.1 Å². The molecule has 1 aromatic carbocycles. The molecule has 4 rings (SSSR count). The van der Waals surface area contributed by atoms with E-state index in [1.165, 1.54) is 40.8 Å². The number of sulfone groups is 1. The van der Waals surface area contributed by atoms with Gasteiger partial charge in [-0.25, -0.2) is 30.6 Å². The standard InChI is InChI=1S/C23H28F2N4O5S3/c1-28-7-9-29(10-8-28)37(33,34)21-14-26-23(35-21)27-22(30)18(11-15-12-19(24)20(25)13-15)16-3-5-17(6-4-16)36(2,31)32/h3-6,11,14-15,19-20H,7-10,12-13H2,1-2H3,(H,26,27,30)/b18-11+/t15-,19+,20-. The quantitative estimate of drug-likeness (QED) is 0.506. The molecule has 2 aliphatic rings. The summed E-state index contributed by atoms with van der Waals surface area (Å²) in [6.07, 6.45) is 0.319. The zero-order valence-corrected chi connectivity index (χ0v) is 22.8. The Morgan fingerprint density at radius 3 is 2.22 bits per heavy atom. The molecular formula is C23H28F2N4O5S3. The smallest absolute Gasteiger partial charge is 0.257 e. The number of piperazine rings is 1. The van der Waals surface area contributed by atoms with Gasteiger partial charge in [0.05, 0.1) is 11.1 Å². The van der Waals surface area contributed by atoms with Crippen LogP contribution in [0.25, 0.3) is 5.57 Å². The van der Waals surface area contributed by atoms with Crippen LogP contribution in [0.5, 0.6) is 0 Å². The molecule has 1 aromatic heterocycles. The topological polar surface area (TPSA) is 117 Å². The monoisotopic (exact) mass is 574 g/mol. The van der Waals surface area contributed by atoms with E-state index in [2.05, 4.69) is 10.3 Å². The van der Waals surface area contributed by atoms with Gasteiger partial charge < -0.3 is 4.90 Å². The third-order valence-electron chi connectivity index (χ3n) is 6.45. The summed E-state index contributed by atoms with van der Waals surface area (Å²) in [6, 6.07) is 5.59. The van der Waals surface area contributed by atoms with E-state index in [0.29, 0.717) is 31.7 Å². The first-order valence-electron chi connectivity index (χ1n) is 11.6. The summed E-state index contributed by atoms with van der Waals surface area (Å²) >= 11 is 0.812. The molecule has 1 aliphatic heterocycles. The van der Waals surface area contributed by atoms with Gasteiger partial charge in [-0.2, -0.15) is 4.31 Å². The number of anilines is 1.